The summed E-state index contributed by atoms with van der Waals surface area (Å²) in [5, 5.41) is 3.16. The van der Waals surface area contributed by atoms with E-state index >= 15 is 0 Å². The summed E-state index contributed by atoms with van der Waals surface area (Å²) in [4.78, 5) is 0. The topological polar surface area (TPSA) is 21.3 Å². The Bertz CT molecular complexity index is 235. The van der Waals surface area contributed by atoms with Crippen LogP contribution in [0.5, 0.6) is 5.75 Å². The highest BCUT2D eigenvalue weighted by atomic mass is 16.5. The standard InChI is InChI=1S/C10H13NO/c1-3-8-11-9-6-4-5-7-10(9)12-2/h1,4-7,11H,3,8H2,2H3. The van der Waals surface area contributed by atoms with Crippen molar-refractivity contribution in [2.45, 2.75) is 6.42 Å². The largest absolute Gasteiger partial charge is 0.495 e. The van der Waals surface area contributed by atoms with Crippen molar-refractivity contribution in [2.75, 3.05) is 19.0 Å². The molecule has 2 heteroatoms. The smallest absolute Gasteiger partial charge is 0.141 e. The highest BCUT2D eigenvalue weighted by molar-refractivity contribution is 5.55. The van der Waals surface area contributed by atoms with Crippen molar-refractivity contribution >= 4 is 5.69 Å². The number of nitrogens with one attached hydrogen (secondary N) is 1. The SMILES string of the molecule is [CH]CCNc1ccccc1OC. The van der Waals surface area contributed by atoms with Gasteiger partial charge in [-0.15, -0.1) is 0 Å². The molecule has 0 heterocycles. The Labute approximate surface area is 73.6 Å². The summed E-state index contributed by atoms with van der Waals surface area (Å²) < 4.78 is 5.14. The predicted molar refractivity (Wildman–Crippen MR) is 50.4 cm³/mol. The molecule has 0 bridgehead atoms. The zero-order chi connectivity index (χ0) is 8.81. The van der Waals surface area contributed by atoms with E-state index in [1.807, 2.05) is 24.3 Å². The molecule has 0 aromatic heterocycles. The molecule has 0 saturated carbocycles. The van der Waals surface area contributed by atoms with E-state index < -0.39 is 0 Å². The van der Waals surface area contributed by atoms with Crippen molar-refractivity contribution in [1.82, 2.24) is 0 Å². The molecule has 1 aromatic carbocycles. The summed E-state index contributed by atoms with van der Waals surface area (Å²) in [6.45, 7) is 6.13. The van der Waals surface area contributed by atoms with E-state index in [2.05, 4.69) is 5.32 Å². The molecular weight excluding hydrogens is 150 g/mol. The maximum Gasteiger partial charge on any atom is 0.141 e. The Morgan fingerprint density at radius 3 is 2.83 bits per heavy atom. The Morgan fingerprint density at radius 2 is 2.17 bits per heavy atom. The molecule has 1 aromatic rings. The lowest BCUT2D eigenvalue weighted by Crippen LogP contribution is -2.01. The number of benzene rings is 1. The Hall–Kier alpha value is -1.18. The summed E-state index contributed by atoms with van der Waals surface area (Å²) in [6.07, 6.45) is 0.623. The van der Waals surface area contributed by atoms with Crippen LogP contribution in [0.1, 0.15) is 6.42 Å². The summed E-state index contributed by atoms with van der Waals surface area (Å²) in [6, 6.07) is 7.78. The molecule has 0 aliphatic carbocycles. The summed E-state index contributed by atoms with van der Waals surface area (Å²) >= 11 is 0. The quantitative estimate of drug-likeness (QED) is 0.734. The van der Waals surface area contributed by atoms with Crippen molar-refractivity contribution in [2.24, 2.45) is 0 Å². The highest BCUT2D eigenvalue weighted by Gasteiger charge is 1.97. The van der Waals surface area contributed by atoms with Crippen LogP contribution in [0.4, 0.5) is 5.69 Å². The molecule has 0 fully saturated rings. The second-order valence-electron chi connectivity index (χ2n) is 2.42. The monoisotopic (exact) mass is 163 g/mol. The van der Waals surface area contributed by atoms with Crippen LogP contribution >= 0.6 is 0 Å². The van der Waals surface area contributed by atoms with E-state index in [1.165, 1.54) is 0 Å². The minimum atomic E-state index is 0.623. The maximum atomic E-state index is 5.36. The first-order valence-corrected chi connectivity index (χ1v) is 3.95. The zero-order valence-electron chi connectivity index (χ0n) is 7.21. The number of ether oxygens (including phenoxy) is 1. The number of hydrogen-bond acceptors (Lipinski definition) is 2. The zero-order valence-corrected chi connectivity index (χ0v) is 7.21. The molecular formula is C10H13NO. The van der Waals surface area contributed by atoms with Gasteiger partial charge in [-0.3, -0.25) is 0 Å². The van der Waals surface area contributed by atoms with Gasteiger partial charge in [-0.2, -0.15) is 0 Å². The fourth-order valence-electron chi connectivity index (χ4n) is 0.998. The van der Waals surface area contributed by atoms with Crippen LogP contribution in [-0.2, 0) is 0 Å². The summed E-state index contributed by atoms with van der Waals surface area (Å²) in [5.41, 5.74) is 0.991. The molecule has 64 valence electrons. The van der Waals surface area contributed by atoms with Gasteiger partial charge in [-0.05, 0) is 25.5 Å². The molecule has 12 heavy (non-hydrogen) atoms. The minimum absolute atomic E-state index is 0.623. The van der Waals surface area contributed by atoms with Gasteiger partial charge in [0.05, 0.1) is 12.8 Å². The average molecular weight is 163 g/mol. The summed E-state index contributed by atoms with van der Waals surface area (Å²) in [5.74, 6) is 0.853. The van der Waals surface area contributed by atoms with E-state index in [9.17, 15) is 0 Å². The van der Waals surface area contributed by atoms with Crippen molar-refractivity contribution in [1.29, 1.82) is 0 Å². The Balaban J connectivity index is 2.68. The normalized spacial score (nSPS) is 9.50. The van der Waals surface area contributed by atoms with E-state index in [-0.39, 0.29) is 0 Å². The van der Waals surface area contributed by atoms with Crippen LogP contribution in [0.25, 0.3) is 0 Å². The highest BCUT2D eigenvalue weighted by Crippen LogP contribution is 2.22. The molecule has 0 saturated heterocycles. The van der Waals surface area contributed by atoms with E-state index in [0.29, 0.717) is 6.42 Å². The van der Waals surface area contributed by atoms with Gasteiger partial charge >= 0.3 is 0 Å². The molecule has 1 rings (SSSR count). The fraction of sp³-hybridized carbons (Fsp3) is 0.300. The van der Waals surface area contributed by atoms with Crippen LogP contribution < -0.4 is 10.1 Å². The minimum Gasteiger partial charge on any atom is -0.495 e. The van der Waals surface area contributed by atoms with Gasteiger partial charge in [0.15, 0.2) is 0 Å². The number of para-hydroxylation sites is 2. The molecule has 2 radical (unpaired) electrons. The second kappa shape index (κ2) is 4.65. The Kier molecular flexibility index (Phi) is 3.45. The molecule has 2 nitrogen and oxygen atoms in total. The van der Waals surface area contributed by atoms with Gasteiger partial charge in [0.2, 0.25) is 0 Å². The molecule has 0 aliphatic rings. The lowest BCUT2D eigenvalue weighted by molar-refractivity contribution is 0.416. The van der Waals surface area contributed by atoms with Crippen molar-refractivity contribution in [3.63, 3.8) is 0 Å². The molecule has 0 unspecified atom stereocenters. The van der Waals surface area contributed by atoms with Gasteiger partial charge in [0.1, 0.15) is 5.75 Å². The lowest BCUT2D eigenvalue weighted by Gasteiger charge is -2.08. The molecule has 0 spiro atoms. The van der Waals surface area contributed by atoms with Crippen molar-refractivity contribution in [3.05, 3.63) is 31.2 Å². The number of anilines is 1. The second-order valence-corrected chi connectivity index (χ2v) is 2.42. The lowest BCUT2D eigenvalue weighted by atomic mass is 10.3. The molecule has 0 aliphatic heterocycles. The van der Waals surface area contributed by atoms with E-state index in [1.54, 1.807) is 7.11 Å². The fourth-order valence-corrected chi connectivity index (χ4v) is 0.998. The van der Waals surface area contributed by atoms with Crippen molar-refractivity contribution < 1.29 is 4.74 Å². The third-order valence-corrected chi connectivity index (χ3v) is 1.57. The van der Waals surface area contributed by atoms with Crippen molar-refractivity contribution in [3.8, 4) is 5.75 Å². The molecule has 1 N–H and O–H groups in total. The third-order valence-electron chi connectivity index (χ3n) is 1.57. The van der Waals surface area contributed by atoms with Gasteiger partial charge in [-0.1, -0.05) is 12.1 Å². The number of hydrogen-bond donors (Lipinski definition) is 1. The van der Waals surface area contributed by atoms with Crippen LogP contribution in [-0.4, -0.2) is 13.7 Å². The van der Waals surface area contributed by atoms with Gasteiger partial charge in [0.25, 0.3) is 0 Å². The first-order valence-electron chi connectivity index (χ1n) is 3.95. The predicted octanol–water partition coefficient (Wildman–Crippen LogP) is 2.21. The number of rotatable bonds is 4. The summed E-state index contributed by atoms with van der Waals surface area (Å²) in [7, 11) is 1.66. The molecule has 0 amide bonds. The van der Waals surface area contributed by atoms with Crippen LogP contribution in [0.2, 0.25) is 0 Å². The van der Waals surface area contributed by atoms with Gasteiger partial charge < -0.3 is 10.1 Å². The Morgan fingerprint density at radius 1 is 1.42 bits per heavy atom. The first-order chi connectivity index (χ1) is 5.88. The van der Waals surface area contributed by atoms with E-state index in [4.69, 9.17) is 11.7 Å². The maximum absolute atomic E-state index is 5.36. The molecule has 0 atom stereocenters. The first kappa shape index (κ1) is 8.91. The third kappa shape index (κ3) is 2.16. The number of methoxy groups -OCH3 is 1. The van der Waals surface area contributed by atoms with Gasteiger partial charge in [-0.25, -0.2) is 0 Å². The van der Waals surface area contributed by atoms with Crippen LogP contribution in [0.3, 0.4) is 0 Å². The van der Waals surface area contributed by atoms with Crippen LogP contribution in [0, 0.1) is 6.92 Å². The van der Waals surface area contributed by atoms with E-state index in [0.717, 1.165) is 18.0 Å². The van der Waals surface area contributed by atoms with Gasteiger partial charge in [0, 0.05) is 6.54 Å². The average Bonchev–Trinajstić information content (AvgIpc) is 2.15. The van der Waals surface area contributed by atoms with Crippen LogP contribution in [0.15, 0.2) is 24.3 Å².